The molecule has 0 fully saturated rings. The quantitative estimate of drug-likeness (QED) is 0.682. The van der Waals surface area contributed by atoms with Gasteiger partial charge in [-0.05, 0) is 26.8 Å². The number of aromatic amines is 1. The summed E-state index contributed by atoms with van der Waals surface area (Å²) in [5.74, 6) is -1.56. The molecule has 0 aliphatic heterocycles. The summed E-state index contributed by atoms with van der Waals surface area (Å²) in [5, 5.41) is 11.4. The Kier molecular flexibility index (Phi) is 3.90. The highest BCUT2D eigenvalue weighted by atomic mass is 16.4. The second kappa shape index (κ2) is 5.03. The predicted octanol–water partition coefficient (Wildman–Crippen LogP) is 1.06. The van der Waals surface area contributed by atoms with Crippen molar-refractivity contribution in [3.8, 4) is 0 Å². The van der Waals surface area contributed by atoms with Crippen LogP contribution in [0.15, 0.2) is 12.3 Å². The van der Waals surface area contributed by atoms with Crippen molar-refractivity contribution in [1.29, 1.82) is 0 Å². The largest absolute Gasteiger partial charge is 0.481 e. The van der Waals surface area contributed by atoms with Crippen LogP contribution in [0.4, 0.5) is 0 Å². The number of rotatable bonds is 5. The molecule has 6 nitrogen and oxygen atoms in total. The van der Waals surface area contributed by atoms with E-state index in [2.05, 4.69) is 10.3 Å². The number of hydrogen-bond acceptors (Lipinski definition) is 3. The average Bonchev–Trinajstić information content (AvgIpc) is 2.75. The number of carbonyl (C=O) groups is 3. The smallest absolute Gasteiger partial charge is 0.310 e. The van der Waals surface area contributed by atoms with Crippen LogP contribution in [0.25, 0.3) is 0 Å². The van der Waals surface area contributed by atoms with Crippen molar-refractivity contribution in [3.63, 3.8) is 0 Å². The summed E-state index contributed by atoms with van der Waals surface area (Å²) in [6, 6.07) is 1.44. The molecule has 1 aromatic rings. The van der Waals surface area contributed by atoms with E-state index in [0.29, 0.717) is 5.56 Å². The summed E-state index contributed by atoms with van der Waals surface area (Å²) in [6.07, 6.45) is 1.44. The summed E-state index contributed by atoms with van der Waals surface area (Å²) >= 11 is 0. The van der Waals surface area contributed by atoms with Gasteiger partial charge in [0.05, 0.1) is 5.41 Å². The highest BCUT2D eigenvalue weighted by molar-refractivity contribution is 5.99. The minimum Gasteiger partial charge on any atom is -0.481 e. The fourth-order valence-electron chi connectivity index (χ4n) is 1.20. The first kappa shape index (κ1) is 14.0. The average molecular weight is 252 g/mol. The van der Waals surface area contributed by atoms with Crippen LogP contribution in [-0.2, 0) is 4.79 Å². The number of nitrogens with one attached hydrogen (secondary N) is 2. The normalized spacial score (nSPS) is 11.1. The Labute approximate surface area is 104 Å². The van der Waals surface area contributed by atoms with Crippen LogP contribution in [-0.4, -0.2) is 34.3 Å². The van der Waals surface area contributed by atoms with E-state index < -0.39 is 17.3 Å². The maximum absolute atomic E-state index is 11.7. The van der Waals surface area contributed by atoms with Gasteiger partial charge < -0.3 is 15.4 Å². The summed E-state index contributed by atoms with van der Waals surface area (Å²) in [4.78, 5) is 36.3. The van der Waals surface area contributed by atoms with E-state index in [-0.39, 0.29) is 18.0 Å². The molecule has 0 radical (unpaired) electrons. The van der Waals surface area contributed by atoms with Gasteiger partial charge in [-0.3, -0.25) is 14.4 Å². The first-order chi connectivity index (χ1) is 8.24. The third kappa shape index (κ3) is 3.19. The molecular weight excluding hydrogens is 236 g/mol. The molecule has 1 heterocycles. The molecule has 6 heteroatoms. The van der Waals surface area contributed by atoms with E-state index in [4.69, 9.17) is 5.11 Å². The molecule has 0 bridgehead atoms. The molecular formula is C12H16N2O4. The van der Waals surface area contributed by atoms with E-state index in [1.54, 1.807) is 0 Å². The van der Waals surface area contributed by atoms with Gasteiger partial charge in [0.15, 0.2) is 5.78 Å². The number of hydrogen-bond donors (Lipinski definition) is 3. The first-order valence-corrected chi connectivity index (χ1v) is 5.45. The number of amides is 1. The van der Waals surface area contributed by atoms with Crippen LogP contribution in [0.1, 0.15) is 41.6 Å². The van der Waals surface area contributed by atoms with Crippen molar-refractivity contribution in [1.82, 2.24) is 10.3 Å². The second-order valence-electron chi connectivity index (χ2n) is 4.73. The molecule has 3 N–H and O–H groups in total. The van der Waals surface area contributed by atoms with E-state index in [9.17, 15) is 14.4 Å². The molecule has 98 valence electrons. The van der Waals surface area contributed by atoms with Gasteiger partial charge in [0.2, 0.25) is 0 Å². The molecule has 18 heavy (non-hydrogen) atoms. The van der Waals surface area contributed by atoms with E-state index in [1.165, 1.54) is 33.0 Å². The van der Waals surface area contributed by atoms with Gasteiger partial charge in [-0.15, -0.1) is 0 Å². The van der Waals surface area contributed by atoms with Gasteiger partial charge in [-0.25, -0.2) is 0 Å². The third-order valence-electron chi connectivity index (χ3n) is 2.60. The SMILES string of the molecule is CC(=O)c1c[nH]c(C(=O)NCC(C)(C)C(=O)O)c1. The Balaban J connectivity index is 2.66. The number of carboxylic acids is 1. The summed E-state index contributed by atoms with van der Waals surface area (Å²) in [6.45, 7) is 4.45. The standard InChI is InChI=1S/C12H16N2O4/c1-7(15)8-4-9(13-5-8)10(16)14-6-12(2,3)11(17)18/h4-5,13H,6H2,1-3H3,(H,14,16)(H,17,18). The lowest BCUT2D eigenvalue weighted by molar-refractivity contribution is -0.146. The molecule has 1 amide bonds. The molecule has 0 aliphatic rings. The number of aliphatic carboxylic acids is 1. The van der Waals surface area contributed by atoms with Crippen LogP contribution >= 0.6 is 0 Å². The number of carboxylic acid groups (broad SMARTS) is 1. The number of aromatic nitrogens is 1. The minimum absolute atomic E-state index is 0.00952. The molecule has 0 saturated carbocycles. The van der Waals surface area contributed by atoms with Gasteiger partial charge in [0.25, 0.3) is 5.91 Å². The first-order valence-electron chi connectivity index (χ1n) is 5.45. The van der Waals surface area contributed by atoms with Crippen molar-refractivity contribution >= 4 is 17.7 Å². The fraction of sp³-hybridized carbons (Fsp3) is 0.417. The van der Waals surface area contributed by atoms with Crippen molar-refractivity contribution < 1.29 is 19.5 Å². The molecule has 0 aromatic carbocycles. The zero-order chi connectivity index (χ0) is 13.9. The fourth-order valence-corrected chi connectivity index (χ4v) is 1.20. The topological polar surface area (TPSA) is 99.3 Å². The van der Waals surface area contributed by atoms with Crippen molar-refractivity contribution in [2.24, 2.45) is 5.41 Å². The van der Waals surface area contributed by atoms with Crippen LogP contribution in [0.2, 0.25) is 0 Å². The van der Waals surface area contributed by atoms with E-state index >= 15 is 0 Å². The lowest BCUT2D eigenvalue weighted by atomic mass is 9.94. The Morgan fingerprint density at radius 2 is 2.00 bits per heavy atom. The Morgan fingerprint density at radius 3 is 2.44 bits per heavy atom. The van der Waals surface area contributed by atoms with Gasteiger partial charge in [0, 0.05) is 18.3 Å². The summed E-state index contributed by atoms with van der Waals surface area (Å²) in [5.41, 5.74) is -0.384. The minimum atomic E-state index is -1.04. The van der Waals surface area contributed by atoms with Crippen LogP contribution < -0.4 is 5.32 Å². The Hall–Kier alpha value is -2.11. The van der Waals surface area contributed by atoms with Gasteiger partial charge in [0.1, 0.15) is 5.69 Å². The molecule has 1 rings (SSSR count). The molecule has 0 aliphatic carbocycles. The van der Waals surface area contributed by atoms with Crippen molar-refractivity contribution in [3.05, 3.63) is 23.5 Å². The van der Waals surface area contributed by atoms with Gasteiger partial charge in [-0.1, -0.05) is 0 Å². The molecule has 0 atom stereocenters. The van der Waals surface area contributed by atoms with Crippen molar-refractivity contribution in [2.45, 2.75) is 20.8 Å². The highest BCUT2D eigenvalue weighted by Crippen LogP contribution is 2.13. The zero-order valence-corrected chi connectivity index (χ0v) is 10.5. The second-order valence-corrected chi connectivity index (χ2v) is 4.73. The maximum atomic E-state index is 11.7. The predicted molar refractivity (Wildman–Crippen MR) is 64.5 cm³/mol. The van der Waals surface area contributed by atoms with E-state index in [1.807, 2.05) is 0 Å². The lowest BCUT2D eigenvalue weighted by Crippen LogP contribution is -2.39. The third-order valence-corrected chi connectivity index (χ3v) is 2.60. The number of Topliss-reactive ketones (excluding diaryl/α,β-unsaturated/α-hetero) is 1. The Bertz CT molecular complexity index is 488. The number of carbonyl (C=O) groups excluding carboxylic acids is 2. The maximum Gasteiger partial charge on any atom is 0.310 e. The molecule has 1 aromatic heterocycles. The molecule has 0 spiro atoms. The van der Waals surface area contributed by atoms with Crippen LogP contribution in [0.5, 0.6) is 0 Å². The van der Waals surface area contributed by atoms with Crippen LogP contribution in [0, 0.1) is 5.41 Å². The lowest BCUT2D eigenvalue weighted by Gasteiger charge is -2.19. The zero-order valence-electron chi connectivity index (χ0n) is 10.5. The van der Waals surface area contributed by atoms with Gasteiger partial charge in [-0.2, -0.15) is 0 Å². The Morgan fingerprint density at radius 1 is 1.39 bits per heavy atom. The van der Waals surface area contributed by atoms with E-state index in [0.717, 1.165) is 0 Å². The van der Waals surface area contributed by atoms with Gasteiger partial charge >= 0.3 is 5.97 Å². The summed E-state index contributed by atoms with van der Waals surface area (Å²) < 4.78 is 0. The summed E-state index contributed by atoms with van der Waals surface area (Å²) in [7, 11) is 0. The monoisotopic (exact) mass is 252 g/mol. The highest BCUT2D eigenvalue weighted by Gasteiger charge is 2.27. The molecule has 0 unspecified atom stereocenters. The number of ketones is 1. The van der Waals surface area contributed by atoms with Crippen LogP contribution in [0.3, 0.4) is 0 Å². The van der Waals surface area contributed by atoms with Crippen molar-refractivity contribution in [2.75, 3.05) is 6.54 Å². The molecule has 0 saturated heterocycles. The number of H-pyrrole nitrogens is 1.